The summed E-state index contributed by atoms with van der Waals surface area (Å²) in [4.78, 5) is 23.6. The smallest absolute Gasteiger partial charge is 0.231 e. The van der Waals surface area contributed by atoms with Crippen molar-refractivity contribution in [3.63, 3.8) is 0 Å². The average Bonchev–Trinajstić information content (AvgIpc) is 2.55. The number of fused-ring (bicyclic) bond motifs is 1. The first kappa shape index (κ1) is 15.3. The van der Waals surface area contributed by atoms with Crippen LogP contribution in [0.5, 0.6) is 0 Å². The normalized spacial score (nSPS) is 16.3. The molecular weight excluding hydrogens is 288 g/mol. The van der Waals surface area contributed by atoms with Crippen LogP contribution in [-0.2, 0) is 16.0 Å². The lowest BCUT2D eigenvalue weighted by molar-refractivity contribution is -0.118. The SMILES string of the molecule is CC(=O)Nc1ccc(NC(=O)[C@@H]2CCCc3ccccc32)cc1. The Bertz CT molecular complexity index is 722. The van der Waals surface area contributed by atoms with Gasteiger partial charge in [-0.3, -0.25) is 9.59 Å². The van der Waals surface area contributed by atoms with Crippen molar-refractivity contribution < 1.29 is 9.59 Å². The molecule has 0 saturated carbocycles. The molecule has 0 heterocycles. The van der Waals surface area contributed by atoms with Gasteiger partial charge in [0, 0.05) is 18.3 Å². The summed E-state index contributed by atoms with van der Waals surface area (Å²) in [5.74, 6) is -0.167. The number of benzene rings is 2. The highest BCUT2D eigenvalue weighted by atomic mass is 16.2. The molecule has 0 saturated heterocycles. The van der Waals surface area contributed by atoms with Gasteiger partial charge in [0.25, 0.3) is 0 Å². The number of aryl methyl sites for hydroxylation is 1. The van der Waals surface area contributed by atoms with Crippen molar-refractivity contribution in [1.82, 2.24) is 0 Å². The van der Waals surface area contributed by atoms with Gasteiger partial charge in [0.15, 0.2) is 0 Å². The second kappa shape index (κ2) is 6.65. The lowest BCUT2D eigenvalue weighted by atomic mass is 9.82. The Kier molecular flexibility index (Phi) is 4.42. The van der Waals surface area contributed by atoms with E-state index >= 15 is 0 Å². The molecule has 0 bridgehead atoms. The molecule has 4 heteroatoms. The van der Waals surface area contributed by atoms with E-state index in [9.17, 15) is 9.59 Å². The van der Waals surface area contributed by atoms with Crippen molar-refractivity contribution in [2.45, 2.75) is 32.1 Å². The second-order valence-corrected chi connectivity index (χ2v) is 5.89. The van der Waals surface area contributed by atoms with Crippen molar-refractivity contribution in [1.29, 1.82) is 0 Å². The van der Waals surface area contributed by atoms with Gasteiger partial charge in [-0.2, -0.15) is 0 Å². The van der Waals surface area contributed by atoms with Gasteiger partial charge in [0.05, 0.1) is 5.92 Å². The predicted molar refractivity (Wildman–Crippen MR) is 91.5 cm³/mol. The van der Waals surface area contributed by atoms with E-state index in [-0.39, 0.29) is 17.7 Å². The molecule has 23 heavy (non-hydrogen) atoms. The van der Waals surface area contributed by atoms with Crippen molar-refractivity contribution in [3.8, 4) is 0 Å². The number of amides is 2. The molecule has 1 aliphatic rings. The second-order valence-electron chi connectivity index (χ2n) is 5.89. The minimum absolute atomic E-state index is 0.0319. The van der Waals surface area contributed by atoms with Gasteiger partial charge >= 0.3 is 0 Å². The highest BCUT2D eigenvalue weighted by Crippen LogP contribution is 2.32. The summed E-state index contributed by atoms with van der Waals surface area (Å²) in [6.45, 7) is 1.47. The molecule has 2 aromatic carbocycles. The van der Waals surface area contributed by atoms with Crippen molar-refractivity contribution in [2.75, 3.05) is 10.6 Å². The van der Waals surface area contributed by atoms with Gasteiger partial charge in [-0.25, -0.2) is 0 Å². The maximum absolute atomic E-state index is 12.6. The molecule has 0 aliphatic heterocycles. The van der Waals surface area contributed by atoms with E-state index in [1.165, 1.54) is 12.5 Å². The van der Waals surface area contributed by atoms with Crippen LogP contribution in [0.1, 0.15) is 36.8 Å². The van der Waals surface area contributed by atoms with Crippen LogP contribution in [0, 0.1) is 0 Å². The summed E-state index contributed by atoms with van der Waals surface area (Å²) < 4.78 is 0. The van der Waals surface area contributed by atoms with Crippen LogP contribution in [0.4, 0.5) is 11.4 Å². The van der Waals surface area contributed by atoms with Crippen LogP contribution in [0.2, 0.25) is 0 Å². The van der Waals surface area contributed by atoms with E-state index in [1.54, 1.807) is 24.3 Å². The Labute approximate surface area is 135 Å². The molecule has 0 fully saturated rings. The summed E-state index contributed by atoms with van der Waals surface area (Å²) in [6.07, 6.45) is 2.97. The number of hydrogen-bond donors (Lipinski definition) is 2. The average molecular weight is 308 g/mol. The lowest BCUT2D eigenvalue weighted by Crippen LogP contribution is -2.24. The first-order valence-electron chi connectivity index (χ1n) is 7.90. The van der Waals surface area contributed by atoms with E-state index in [2.05, 4.69) is 22.8 Å². The standard InChI is InChI=1S/C19H20N2O2/c1-13(22)20-15-9-11-16(12-10-15)21-19(23)18-8-4-6-14-5-2-3-7-17(14)18/h2-3,5,7,9-12,18H,4,6,8H2,1H3,(H,20,22)(H,21,23)/t18-/m1/s1. The van der Waals surface area contributed by atoms with E-state index < -0.39 is 0 Å². The molecule has 4 nitrogen and oxygen atoms in total. The molecule has 0 aromatic heterocycles. The van der Waals surface area contributed by atoms with Gasteiger partial charge in [0.1, 0.15) is 0 Å². The Morgan fingerprint density at radius 2 is 1.61 bits per heavy atom. The van der Waals surface area contributed by atoms with Crippen LogP contribution < -0.4 is 10.6 Å². The van der Waals surface area contributed by atoms with E-state index in [0.717, 1.165) is 36.2 Å². The van der Waals surface area contributed by atoms with Gasteiger partial charge < -0.3 is 10.6 Å². The molecule has 0 unspecified atom stereocenters. The highest BCUT2D eigenvalue weighted by Gasteiger charge is 2.26. The highest BCUT2D eigenvalue weighted by molar-refractivity contribution is 5.96. The number of hydrogen-bond acceptors (Lipinski definition) is 2. The maximum Gasteiger partial charge on any atom is 0.231 e. The molecule has 2 amide bonds. The molecule has 2 N–H and O–H groups in total. The van der Waals surface area contributed by atoms with Crippen molar-refractivity contribution in [2.24, 2.45) is 0 Å². The number of rotatable bonds is 3. The van der Waals surface area contributed by atoms with Gasteiger partial charge in [-0.1, -0.05) is 24.3 Å². The number of nitrogens with one attached hydrogen (secondary N) is 2. The zero-order valence-electron chi connectivity index (χ0n) is 13.1. The summed E-state index contributed by atoms with van der Waals surface area (Å²) >= 11 is 0. The molecule has 1 atom stereocenters. The molecule has 2 aromatic rings. The number of carbonyl (C=O) groups excluding carboxylic acids is 2. The van der Waals surface area contributed by atoms with Gasteiger partial charge in [-0.05, 0) is 54.7 Å². The minimum atomic E-state index is -0.111. The monoisotopic (exact) mass is 308 g/mol. The molecule has 1 aliphatic carbocycles. The molecule has 3 rings (SSSR count). The largest absolute Gasteiger partial charge is 0.326 e. The quantitative estimate of drug-likeness (QED) is 0.908. The van der Waals surface area contributed by atoms with Crippen molar-refractivity contribution in [3.05, 3.63) is 59.7 Å². The fraction of sp³-hybridized carbons (Fsp3) is 0.263. The zero-order valence-corrected chi connectivity index (χ0v) is 13.1. The van der Waals surface area contributed by atoms with Crippen LogP contribution in [-0.4, -0.2) is 11.8 Å². The fourth-order valence-corrected chi connectivity index (χ4v) is 3.10. The topological polar surface area (TPSA) is 58.2 Å². The number of anilines is 2. The Hall–Kier alpha value is -2.62. The molecule has 0 radical (unpaired) electrons. The lowest BCUT2D eigenvalue weighted by Gasteiger charge is -2.24. The summed E-state index contributed by atoms with van der Waals surface area (Å²) in [7, 11) is 0. The van der Waals surface area contributed by atoms with Crippen LogP contribution >= 0.6 is 0 Å². The molecule has 118 valence electrons. The minimum Gasteiger partial charge on any atom is -0.326 e. The predicted octanol–water partition coefficient (Wildman–Crippen LogP) is 3.70. The van der Waals surface area contributed by atoms with Gasteiger partial charge in [-0.15, -0.1) is 0 Å². The summed E-state index contributed by atoms with van der Waals surface area (Å²) in [5, 5.41) is 5.69. The Morgan fingerprint density at radius 1 is 0.957 bits per heavy atom. The third-order valence-corrected chi connectivity index (χ3v) is 4.16. The van der Waals surface area contributed by atoms with Crippen LogP contribution in [0.25, 0.3) is 0 Å². The van der Waals surface area contributed by atoms with E-state index in [1.807, 2.05) is 12.1 Å². The van der Waals surface area contributed by atoms with Crippen molar-refractivity contribution >= 4 is 23.2 Å². The van der Waals surface area contributed by atoms with Gasteiger partial charge in [0.2, 0.25) is 11.8 Å². The van der Waals surface area contributed by atoms with Crippen LogP contribution in [0.15, 0.2) is 48.5 Å². The Balaban J connectivity index is 1.71. The third-order valence-electron chi connectivity index (χ3n) is 4.16. The maximum atomic E-state index is 12.6. The summed E-state index contributed by atoms with van der Waals surface area (Å²) in [5.41, 5.74) is 3.89. The molecular formula is C19H20N2O2. The first-order valence-corrected chi connectivity index (χ1v) is 7.90. The van der Waals surface area contributed by atoms with E-state index in [0.29, 0.717) is 0 Å². The third kappa shape index (κ3) is 3.59. The number of carbonyl (C=O) groups is 2. The summed E-state index contributed by atoms with van der Waals surface area (Å²) in [6, 6.07) is 15.4. The Morgan fingerprint density at radius 3 is 2.30 bits per heavy atom. The van der Waals surface area contributed by atoms with Crippen LogP contribution in [0.3, 0.4) is 0 Å². The van der Waals surface area contributed by atoms with E-state index in [4.69, 9.17) is 0 Å². The zero-order chi connectivity index (χ0) is 16.2. The molecule has 0 spiro atoms. The first-order chi connectivity index (χ1) is 11.1. The fourth-order valence-electron chi connectivity index (χ4n) is 3.10.